The summed E-state index contributed by atoms with van der Waals surface area (Å²) in [5.41, 5.74) is 2.84. The molecule has 128 valence electrons. The highest BCUT2D eigenvalue weighted by atomic mass is 32.2. The normalized spacial score (nSPS) is 12.0. The Morgan fingerprint density at radius 1 is 1.20 bits per heavy atom. The van der Waals surface area contributed by atoms with Crippen molar-refractivity contribution in [1.29, 1.82) is 0 Å². The van der Waals surface area contributed by atoms with Crippen LogP contribution in [0.2, 0.25) is 0 Å². The Morgan fingerprint density at radius 3 is 2.68 bits per heavy atom. The SMILES string of the molecule is Cc1cccc(NC(=O)[C@H](C)Sc2nnc(-c3ccncc3)n2C)c1. The summed E-state index contributed by atoms with van der Waals surface area (Å²) in [6.45, 7) is 3.85. The number of nitrogens with zero attached hydrogens (tertiary/aromatic N) is 4. The van der Waals surface area contributed by atoms with E-state index < -0.39 is 0 Å². The molecule has 7 heteroatoms. The molecule has 0 fully saturated rings. The van der Waals surface area contributed by atoms with E-state index in [2.05, 4.69) is 20.5 Å². The topological polar surface area (TPSA) is 72.7 Å². The molecule has 1 aromatic carbocycles. The first-order valence-electron chi connectivity index (χ1n) is 7.88. The third kappa shape index (κ3) is 4.06. The van der Waals surface area contributed by atoms with Crippen LogP contribution in [0.5, 0.6) is 0 Å². The fourth-order valence-corrected chi connectivity index (χ4v) is 3.16. The number of benzene rings is 1. The Labute approximate surface area is 150 Å². The van der Waals surface area contributed by atoms with Gasteiger partial charge in [0.15, 0.2) is 11.0 Å². The standard InChI is InChI=1S/C18H19N5OS/c1-12-5-4-6-15(11-12)20-17(24)13(2)25-18-22-21-16(23(18)3)14-7-9-19-10-8-14/h4-11,13H,1-3H3,(H,20,24)/t13-/m0/s1. The van der Waals surface area contributed by atoms with Crippen LogP contribution in [-0.2, 0) is 11.8 Å². The molecule has 0 saturated heterocycles. The van der Waals surface area contributed by atoms with Gasteiger partial charge in [-0.1, -0.05) is 23.9 Å². The van der Waals surface area contributed by atoms with Gasteiger partial charge in [-0.2, -0.15) is 0 Å². The van der Waals surface area contributed by atoms with Crippen molar-refractivity contribution < 1.29 is 4.79 Å². The number of amides is 1. The summed E-state index contributed by atoms with van der Waals surface area (Å²) >= 11 is 1.38. The summed E-state index contributed by atoms with van der Waals surface area (Å²) in [5, 5.41) is 11.8. The van der Waals surface area contributed by atoms with Gasteiger partial charge in [0.05, 0.1) is 5.25 Å². The Kier molecular flexibility index (Phi) is 5.14. The van der Waals surface area contributed by atoms with E-state index in [-0.39, 0.29) is 11.2 Å². The molecule has 0 aliphatic heterocycles. The van der Waals surface area contributed by atoms with E-state index in [0.29, 0.717) is 5.16 Å². The van der Waals surface area contributed by atoms with Gasteiger partial charge >= 0.3 is 0 Å². The monoisotopic (exact) mass is 353 g/mol. The van der Waals surface area contributed by atoms with Crippen LogP contribution in [0.15, 0.2) is 53.9 Å². The van der Waals surface area contributed by atoms with Crippen LogP contribution < -0.4 is 5.32 Å². The Bertz CT molecular complexity index is 878. The molecular formula is C18H19N5OS. The number of nitrogens with one attached hydrogen (secondary N) is 1. The fourth-order valence-electron chi connectivity index (χ4n) is 2.35. The first-order valence-corrected chi connectivity index (χ1v) is 8.76. The number of anilines is 1. The summed E-state index contributed by atoms with van der Waals surface area (Å²) in [6, 6.07) is 11.5. The maximum atomic E-state index is 12.4. The minimum atomic E-state index is -0.297. The first kappa shape index (κ1) is 17.2. The lowest BCUT2D eigenvalue weighted by Crippen LogP contribution is -2.22. The lowest BCUT2D eigenvalue weighted by atomic mass is 10.2. The van der Waals surface area contributed by atoms with Gasteiger partial charge in [-0.15, -0.1) is 10.2 Å². The van der Waals surface area contributed by atoms with Gasteiger partial charge in [-0.3, -0.25) is 9.78 Å². The van der Waals surface area contributed by atoms with Crippen molar-refractivity contribution in [3.05, 3.63) is 54.4 Å². The summed E-state index contributed by atoms with van der Waals surface area (Å²) in [7, 11) is 1.89. The van der Waals surface area contributed by atoms with Crippen molar-refractivity contribution in [2.45, 2.75) is 24.3 Å². The molecular weight excluding hydrogens is 334 g/mol. The van der Waals surface area contributed by atoms with Gasteiger partial charge in [-0.25, -0.2) is 0 Å². The summed E-state index contributed by atoms with van der Waals surface area (Å²) in [6.07, 6.45) is 3.43. The lowest BCUT2D eigenvalue weighted by molar-refractivity contribution is -0.115. The van der Waals surface area contributed by atoms with Gasteiger partial charge in [0.2, 0.25) is 5.91 Å². The molecule has 2 heterocycles. The largest absolute Gasteiger partial charge is 0.325 e. The summed E-state index contributed by atoms with van der Waals surface area (Å²) in [5.74, 6) is 0.681. The smallest absolute Gasteiger partial charge is 0.237 e. The number of aryl methyl sites for hydroxylation is 1. The maximum Gasteiger partial charge on any atom is 0.237 e. The molecule has 1 N–H and O–H groups in total. The molecule has 6 nitrogen and oxygen atoms in total. The molecule has 3 aromatic rings. The summed E-state index contributed by atoms with van der Waals surface area (Å²) < 4.78 is 1.89. The van der Waals surface area contributed by atoms with Crippen molar-refractivity contribution in [3.8, 4) is 11.4 Å². The Hall–Kier alpha value is -2.67. The number of rotatable bonds is 5. The third-order valence-electron chi connectivity index (χ3n) is 3.71. The number of hydrogen-bond donors (Lipinski definition) is 1. The van der Waals surface area contributed by atoms with E-state index in [1.807, 2.05) is 61.9 Å². The molecule has 1 atom stereocenters. The van der Waals surface area contributed by atoms with Crippen LogP contribution >= 0.6 is 11.8 Å². The van der Waals surface area contributed by atoms with Crippen LogP contribution in [0.3, 0.4) is 0 Å². The van der Waals surface area contributed by atoms with E-state index in [1.165, 1.54) is 11.8 Å². The lowest BCUT2D eigenvalue weighted by Gasteiger charge is -2.12. The molecule has 0 bridgehead atoms. The molecule has 1 amide bonds. The Balaban J connectivity index is 1.70. The van der Waals surface area contributed by atoms with Gasteiger partial charge in [0.1, 0.15) is 0 Å². The van der Waals surface area contributed by atoms with Gasteiger partial charge in [0, 0.05) is 30.7 Å². The van der Waals surface area contributed by atoms with Crippen LogP contribution in [-0.4, -0.2) is 30.9 Å². The quantitative estimate of drug-likeness (QED) is 0.713. The number of carbonyl (C=O) groups excluding carboxylic acids is 1. The minimum Gasteiger partial charge on any atom is -0.325 e. The van der Waals surface area contributed by atoms with E-state index in [9.17, 15) is 4.79 Å². The average Bonchev–Trinajstić information content (AvgIpc) is 2.96. The van der Waals surface area contributed by atoms with Crippen LogP contribution in [0.1, 0.15) is 12.5 Å². The van der Waals surface area contributed by atoms with E-state index in [1.54, 1.807) is 12.4 Å². The van der Waals surface area contributed by atoms with Crippen LogP contribution in [0.4, 0.5) is 5.69 Å². The number of thioether (sulfide) groups is 1. The van der Waals surface area contributed by atoms with Crippen LogP contribution in [0, 0.1) is 6.92 Å². The molecule has 0 saturated carbocycles. The highest BCUT2D eigenvalue weighted by molar-refractivity contribution is 8.00. The van der Waals surface area contributed by atoms with E-state index in [0.717, 1.165) is 22.6 Å². The summed E-state index contributed by atoms with van der Waals surface area (Å²) in [4.78, 5) is 16.4. The molecule has 0 aliphatic rings. The molecule has 0 aliphatic carbocycles. The molecule has 0 unspecified atom stereocenters. The third-order valence-corrected chi connectivity index (χ3v) is 4.84. The molecule has 0 spiro atoms. The van der Waals surface area contributed by atoms with Crippen molar-refractivity contribution in [2.24, 2.45) is 7.05 Å². The number of aromatic nitrogens is 4. The molecule has 2 aromatic heterocycles. The van der Waals surface area contributed by atoms with E-state index in [4.69, 9.17) is 0 Å². The number of hydrogen-bond acceptors (Lipinski definition) is 5. The first-order chi connectivity index (χ1) is 12.0. The van der Waals surface area contributed by atoms with Gasteiger partial charge in [0.25, 0.3) is 0 Å². The van der Waals surface area contributed by atoms with Gasteiger partial charge in [-0.05, 0) is 43.7 Å². The zero-order valence-corrected chi connectivity index (χ0v) is 15.1. The highest BCUT2D eigenvalue weighted by Gasteiger charge is 2.19. The van der Waals surface area contributed by atoms with Crippen molar-refractivity contribution in [1.82, 2.24) is 19.7 Å². The highest BCUT2D eigenvalue weighted by Crippen LogP contribution is 2.26. The number of pyridine rings is 1. The number of carbonyl (C=O) groups is 1. The van der Waals surface area contributed by atoms with E-state index >= 15 is 0 Å². The van der Waals surface area contributed by atoms with Crippen molar-refractivity contribution in [2.75, 3.05) is 5.32 Å². The minimum absolute atomic E-state index is 0.0657. The van der Waals surface area contributed by atoms with Crippen molar-refractivity contribution in [3.63, 3.8) is 0 Å². The van der Waals surface area contributed by atoms with Gasteiger partial charge < -0.3 is 9.88 Å². The second kappa shape index (κ2) is 7.48. The molecule has 0 radical (unpaired) electrons. The molecule has 25 heavy (non-hydrogen) atoms. The van der Waals surface area contributed by atoms with Crippen molar-refractivity contribution >= 4 is 23.4 Å². The average molecular weight is 353 g/mol. The Morgan fingerprint density at radius 2 is 1.96 bits per heavy atom. The zero-order chi connectivity index (χ0) is 17.8. The predicted octanol–water partition coefficient (Wildman–Crippen LogP) is 3.30. The maximum absolute atomic E-state index is 12.4. The second-order valence-electron chi connectivity index (χ2n) is 5.72. The fraction of sp³-hybridized carbons (Fsp3) is 0.222. The zero-order valence-electron chi connectivity index (χ0n) is 14.3. The van der Waals surface area contributed by atoms with Crippen LogP contribution in [0.25, 0.3) is 11.4 Å². The second-order valence-corrected chi connectivity index (χ2v) is 7.03. The predicted molar refractivity (Wildman–Crippen MR) is 99.4 cm³/mol. The molecule has 3 rings (SSSR count).